The van der Waals surface area contributed by atoms with Crippen molar-refractivity contribution in [3.05, 3.63) is 278 Å². The number of nitrogens with zero attached hydrogens (tertiary/aromatic N) is 4. The van der Waals surface area contributed by atoms with E-state index in [1.807, 2.05) is 6.20 Å². The fourth-order valence-corrected chi connectivity index (χ4v) is 12.7. The van der Waals surface area contributed by atoms with Gasteiger partial charge in [-0.2, -0.15) is 0 Å². The highest BCUT2D eigenvalue weighted by Crippen LogP contribution is 2.49. The summed E-state index contributed by atoms with van der Waals surface area (Å²) >= 11 is 0. The Hall–Kier alpha value is -9.77. The van der Waals surface area contributed by atoms with Crippen LogP contribution in [0.4, 0.5) is 0 Å². The van der Waals surface area contributed by atoms with Crippen LogP contribution in [0.25, 0.3) is 127 Å². The Morgan fingerprint density at radius 1 is 0.284 bits per heavy atom. The number of aromatic nitrogens is 4. The maximum absolute atomic E-state index is 5.06. The van der Waals surface area contributed by atoms with Crippen LogP contribution in [0.2, 0.25) is 0 Å². The molecule has 0 bridgehead atoms. The first kappa shape index (κ1) is 40.9. The van der Waals surface area contributed by atoms with Gasteiger partial charge in [0.15, 0.2) is 0 Å². The van der Waals surface area contributed by atoms with E-state index in [0.717, 1.165) is 33.5 Å². The summed E-state index contributed by atoms with van der Waals surface area (Å²) in [6.07, 6.45) is 1.97. The molecule has 0 saturated heterocycles. The van der Waals surface area contributed by atoms with E-state index < -0.39 is 0 Å². The van der Waals surface area contributed by atoms with Crippen LogP contribution < -0.4 is 0 Å². The molecular formula is C70H44N4. The SMILES string of the molecule is c1ccc(C2c3ccccc3-c3cc(-c4ccc5c(c4)c4ccccc4n5-c4ccnc5cc(-n6c7ccccc7c7cc(-c8ccc9c(c8)c8ccccc8n9-c8ccccc8)ccc76)ccc45)ccc32)cc1. The van der Waals surface area contributed by atoms with Gasteiger partial charge in [-0.05, 0) is 147 Å². The highest BCUT2D eigenvalue weighted by molar-refractivity contribution is 6.14. The summed E-state index contributed by atoms with van der Waals surface area (Å²) in [7, 11) is 0. The Labute approximate surface area is 426 Å². The summed E-state index contributed by atoms with van der Waals surface area (Å²) in [6.45, 7) is 0. The van der Waals surface area contributed by atoms with Gasteiger partial charge in [0, 0.05) is 61.2 Å². The van der Waals surface area contributed by atoms with E-state index in [4.69, 9.17) is 4.98 Å². The maximum Gasteiger partial charge on any atom is 0.0743 e. The molecular weight excluding hydrogens is 897 g/mol. The number of hydrogen-bond donors (Lipinski definition) is 0. The lowest BCUT2D eigenvalue weighted by Crippen LogP contribution is -1.98. The normalized spacial score (nSPS) is 13.3. The van der Waals surface area contributed by atoms with Crippen molar-refractivity contribution in [1.82, 2.24) is 18.7 Å². The maximum atomic E-state index is 5.06. The topological polar surface area (TPSA) is 27.7 Å². The van der Waals surface area contributed by atoms with Crippen molar-refractivity contribution in [2.24, 2.45) is 0 Å². The number of pyridine rings is 1. The van der Waals surface area contributed by atoms with Gasteiger partial charge in [-0.1, -0.05) is 158 Å². The molecule has 4 heteroatoms. The van der Waals surface area contributed by atoms with Crippen molar-refractivity contribution in [3.63, 3.8) is 0 Å². The van der Waals surface area contributed by atoms with E-state index in [1.54, 1.807) is 0 Å². The van der Waals surface area contributed by atoms with Crippen molar-refractivity contribution in [2.75, 3.05) is 0 Å². The molecule has 0 spiro atoms. The van der Waals surface area contributed by atoms with Crippen LogP contribution in [0.5, 0.6) is 0 Å². The summed E-state index contributed by atoms with van der Waals surface area (Å²) in [5.74, 6) is 0.229. The molecule has 344 valence electrons. The lowest BCUT2D eigenvalue weighted by molar-refractivity contribution is 1.02. The number of benzene rings is 11. The van der Waals surface area contributed by atoms with Gasteiger partial charge in [0.25, 0.3) is 0 Å². The summed E-state index contributed by atoms with van der Waals surface area (Å²) < 4.78 is 7.21. The van der Waals surface area contributed by atoms with Crippen LogP contribution in [0.3, 0.4) is 0 Å². The number of para-hydroxylation sites is 4. The van der Waals surface area contributed by atoms with Gasteiger partial charge < -0.3 is 13.7 Å². The largest absolute Gasteiger partial charge is 0.309 e. The van der Waals surface area contributed by atoms with Crippen molar-refractivity contribution < 1.29 is 0 Å². The van der Waals surface area contributed by atoms with Gasteiger partial charge >= 0.3 is 0 Å². The summed E-state index contributed by atoms with van der Waals surface area (Å²) in [5, 5.41) is 8.49. The molecule has 0 aliphatic heterocycles. The Morgan fingerprint density at radius 3 is 1.39 bits per heavy atom. The molecule has 1 unspecified atom stereocenters. The monoisotopic (exact) mass is 940 g/mol. The number of hydrogen-bond acceptors (Lipinski definition) is 1. The van der Waals surface area contributed by atoms with E-state index >= 15 is 0 Å². The Morgan fingerprint density at radius 2 is 0.757 bits per heavy atom. The predicted octanol–water partition coefficient (Wildman–Crippen LogP) is 18.0. The third kappa shape index (κ3) is 6.00. The number of rotatable bonds is 6. The average Bonchev–Trinajstić information content (AvgIpc) is 4.21. The molecule has 4 heterocycles. The average molecular weight is 941 g/mol. The van der Waals surface area contributed by atoms with Crippen molar-refractivity contribution in [2.45, 2.75) is 5.92 Å². The van der Waals surface area contributed by atoms with Gasteiger partial charge in [-0.25, -0.2) is 0 Å². The molecule has 4 nitrogen and oxygen atoms in total. The molecule has 0 radical (unpaired) electrons. The van der Waals surface area contributed by atoms with Crippen molar-refractivity contribution in [1.29, 1.82) is 0 Å². The standard InChI is InChI=1S/C70H44N4/c1-3-15-44(16-4-1)70-55-23-8-7-19-51(55)58-39-45(27-32-56(58)70)46-30-36-68-61(42-46)54-22-11-14-26-65(54)74(68)69-37-38-71-62-43-50(31-33-57(62)69)73-64-25-13-10-21-53(64)60-41-48(29-35-67(60)73)47-28-34-66-59(40-47)52-20-9-12-24-63(52)72(66)49-17-5-2-6-18-49/h1-43,70H. The fourth-order valence-electron chi connectivity index (χ4n) is 12.7. The zero-order valence-electron chi connectivity index (χ0n) is 40.2. The van der Waals surface area contributed by atoms with Crippen molar-refractivity contribution >= 4 is 76.3 Å². The summed E-state index contributed by atoms with van der Waals surface area (Å²) in [4.78, 5) is 5.06. The molecule has 1 aliphatic rings. The minimum Gasteiger partial charge on any atom is -0.309 e. The first-order valence-electron chi connectivity index (χ1n) is 25.6. The minimum absolute atomic E-state index is 0.229. The Balaban J connectivity index is 0.792. The van der Waals surface area contributed by atoms with E-state index in [-0.39, 0.29) is 5.92 Å². The van der Waals surface area contributed by atoms with E-state index in [9.17, 15) is 0 Å². The molecule has 1 aliphatic carbocycles. The molecule has 4 aromatic heterocycles. The summed E-state index contributed by atoms with van der Waals surface area (Å²) in [6, 6.07) is 93.8. The molecule has 1 atom stereocenters. The van der Waals surface area contributed by atoms with Gasteiger partial charge in [0.2, 0.25) is 0 Å². The van der Waals surface area contributed by atoms with Crippen LogP contribution in [-0.4, -0.2) is 18.7 Å². The first-order valence-corrected chi connectivity index (χ1v) is 25.6. The predicted molar refractivity (Wildman–Crippen MR) is 308 cm³/mol. The smallest absolute Gasteiger partial charge is 0.0743 e. The zero-order valence-corrected chi connectivity index (χ0v) is 40.2. The van der Waals surface area contributed by atoms with E-state index in [1.165, 1.54) is 110 Å². The first-order chi connectivity index (χ1) is 36.7. The third-order valence-corrected chi connectivity index (χ3v) is 16.0. The van der Waals surface area contributed by atoms with Crippen LogP contribution in [0.15, 0.2) is 261 Å². The third-order valence-electron chi connectivity index (χ3n) is 16.0. The highest BCUT2D eigenvalue weighted by Gasteiger charge is 2.30. The second kappa shape index (κ2) is 15.9. The van der Waals surface area contributed by atoms with Crippen LogP contribution in [0.1, 0.15) is 22.6 Å². The second-order valence-electron chi connectivity index (χ2n) is 19.9. The van der Waals surface area contributed by atoms with Gasteiger partial charge in [0.05, 0.1) is 44.3 Å². The Bertz CT molecular complexity index is 4780. The van der Waals surface area contributed by atoms with E-state index in [2.05, 4.69) is 268 Å². The second-order valence-corrected chi connectivity index (χ2v) is 19.9. The molecule has 16 rings (SSSR count). The summed E-state index contributed by atoms with van der Waals surface area (Å²) in [5.41, 5.74) is 22.9. The highest BCUT2D eigenvalue weighted by atomic mass is 15.0. The molecule has 0 N–H and O–H groups in total. The van der Waals surface area contributed by atoms with Crippen molar-refractivity contribution in [3.8, 4) is 50.4 Å². The molecule has 74 heavy (non-hydrogen) atoms. The molecule has 0 fully saturated rings. The van der Waals surface area contributed by atoms with Gasteiger partial charge in [-0.3, -0.25) is 4.98 Å². The zero-order chi connectivity index (χ0) is 48.4. The molecule has 0 saturated carbocycles. The fraction of sp³-hybridized carbons (Fsp3) is 0.0143. The minimum atomic E-state index is 0.229. The number of fused-ring (bicyclic) bond motifs is 13. The quantitative estimate of drug-likeness (QED) is 0.163. The van der Waals surface area contributed by atoms with Crippen LogP contribution in [0, 0.1) is 0 Å². The Kier molecular flexibility index (Phi) is 8.77. The lowest BCUT2D eigenvalue weighted by atomic mass is 9.89. The van der Waals surface area contributed by atoms with E-state index in [0.29, 0.717) is 0 Å². The molecule has 11 aromatic carbocycles. The molecule has 0 amide bonds. The van der Waals surface area contributed by atoms with Gasteiger partial charge in [-0.15, -0.1) is 0 Å². The van der Waals surface area contributed by atoms with Crippen LogP contribution >= 0.6 is 0 Å². The van der Waals surface area contributed by atoms with Crippen LogP contribution in [-0.2, 0) is 0 Å². The van der Waals surface area contributed by atoms with Gasteiger partial charge in [0.1, 0.15) is 0 Å². The molecule has 15 aromatic rings. The lowest BCUT2D eigenvalue weighted by Gasteiger charge is -2.15.